The Morgan fingerprint density at radius 2 is 1.80 bits per heavy atom. The van der Waals surface area contributed by atoms with Crippen molar-refractivity contribution in [1.82, 2.24) is 0 Å². The SMILES string of the molecule is COc1c(C)cc(C2(C(=O)O)CCCC2)c(OC)c1Cl. The molecule has 0 saturated heterocycles. The van der Waals surface area contributed by atoms with Crippen molar-refractivity contribution in [2.45, 2.75) is 38.0 Å². The van der Waals surface area contributed by atoms with Gasteiger partial charge in [0, 0.05) is 5.56 Å². The van der Waals surface area contributed by atoms with E-state index < -0.39 is 11.4 Å². The van der Waals surface area contributed by atoms with Crippen LogP contribution in [0.2, 0.25) is 5.02 Å². The molecule has 0 unspecified atom stereocenters. The highest BCUT2D eigenvalue weighted by molar-refractivity contribution is 6.34. The van der Waals surface area contributed by atoms with E-state index in [1.54, 1.807) is 0 Å². The van der Waals surface area contributed by atoms with Crippen LogP contribution in [0.15, 0.2) is 6.07 Å². The summed E-state index contributed by atoms with van der Waals surface area (Å²) in [5.74, 6) is 0.137. The van der Waals surface area contributed by atoms with E-state index in [0.717, 1.165) is 18.4 Å². The Morgan fingerprint density at radius 1 is 1.25 bits per heavy atom. The predicted octanol–water partition coefficient (Wildman–Crippen LogP) is 3.56. The third-order valence-corrected chi connectivity index (χ3v) is 4.50. The van der Waals surface area contributed by atoms with E-state index in [1.165, 1.54) is 14.2 Å². The van der Waals surface area contributed by atoms with E-state index >= 15 is 0 Å². The number of aryl methyl sites for hydroxylation is 1. The summed E-state index contributed by atoms with van der Waals surface area (Å²) in [6.07, 6.45) is 3.03. The second-order valence-corrected chi connectivity index (χ2v) is 5.59. The molecule has 4 nitrogen and oxygen atoms in total. The largest absolute Gasteiger partial charge is 0.495 e. The molecule has 1 aromatic rings. The average Bonchev–Trinajstić information content (AvgIpc) is 2.89. The third kappa shape index (κ3) is 2.12. The van der Waals surface area contributed by atoms with E-state index in [0.29, 0.717) is 34.9 Å². The Labute approximate surface area is 123 Å². The minimum absolute atomic E-state index is 0.345. The van der Waals surface area contributed by atoms with Crippen molar-refractivity contribution >= 4 is 17.6 Å². The monoisotopic (exact) mass is 298 g/mol. The highest BCUT2D eigenvalue weighted by Crippen LogP contribution is 2.50. The number of carboxylic acids is 1. The topological polar surface area (TPSA) is 55.8 Å². The smallest absolute Gasteiger partial charge is 0.314 e. The Morgan fingerprint density at radius 3 is 2.25 bits per heavy atom. The highest BCUT2D eigenvalue weighted by Gasteiger charge is 2.45. The van der Waals surface area contributed by atoms with Gasteiger partial charge in [0.2, 0.25) is 0 Å². The third-order valence-electron chi connectivity index (χ3n) is 4.15. The quantitative estimate of drug-likeness (QED) is 0.923. The maximum absolute atomic E-state index is 11.8. The number of ether oxygens (including phenoxy) is 2. The first-order valence-electron chi connectivity index (χ1n) is 6.63. The molecule has 2 rings (SSSR count). The van der Waals surface area contributed by atoms with Crippen LogP contribution in [0.5, 0.6) is 11.5 Å². The van der Waals surface area contributed by atoms with Crippen LogP contribution in [0.1, 0.15) is 36.8 Å². The molecule has 1 aliphatic carbocycles. The lowest BCUT2D eigenvalue weighted by Gasteiger charge is -2.28. The van der Waals surface area contributed by atoms with Crippen molar-refractivity contribution in [2.75, 3.05) is 14.2 Å². The first kappa shape index (κ1) is 15.0. The van der Waals surface area contributed by atoms with Crippen molar-refractivity contribution in [2.24, 2.45) is 0 Å². The zero-order valence-corrected chi connectivity index (χ0v) is 12.7. The van der Waals surface area contributed by atoms with Gasteiger partial charge in [0.25, 0.3) is 0 Å². The van der Waals surface area contributed by atoms with Gasteiger partial charge < -0.3 is 14.6 Å². The maximum Gasteiger partial charge on any atom is 0.314 e. The second kappa shape index (κ2) is 5.52. The van der Waals surface area contributed by atoms with Gasteiger partial charge in [-0.15, -0.1) is 0 Å². The normalized spacial score (nSPS) is 17.0. The molecule has 1 N–H and O–H groups in total. The molecule has 1 aliphatic rings. The summed E-state index contributed by atoms with van der Waals surface area (Å²) >= 11 is 6.32. The van der Waals surface area contributed by atoms with Gasteiger partial charge in [0.1, 0.15) is 16.5 Å². The predicted molar refractivity (Wildman–Crippen MR) is 77.1 cm³/mol. The Balaban J connectivity index is 2.70. The van der Waals surface area contributed by atoms with Crippen LogP contribution in [-0.4, -0.2) is 25.3 Å². The number of halogens is 1. The van der Waals surface area contributed by atoms with E-state index in [2.05, 4.69) is 0 Å². The number of carbonyl (C=O) groups is 1. The summed E-state index contributed by atoms with van der Waals surface area (Å²) in [7, 11) is 3.04. The fourth-order valence-electron chi connectivity index (χ4n) is 3.12. The van der Waals surface area contributed by atoms with E-state index in [9.17, 15) is 9.90 Å². The molecule has 1 fully saturated rings. The minimum atomic E-state index is -0.897. The van der Waals surface area contributed by atoms with Gasteiger partial charge in [-0.3, -0.25) is 4.79 Å². The number of methoxy groups -OCH3 is 2. The lowest BCUT2D eigenvalue weighted by atomic mass is 9.77. The first-order valence-corrected chi connectivity index (χ1v) is 7.00. The molecule has 20 heavy (non-hydrogen) atoms. The molecular weight excluding hydrogens is 280 g/mol. The van der Waals surface area contributed by atoms with Gasteiger partial charge in [-0.05, 0) is 31.4 Å². The Kier molecular flexibility index (Phi) is 4.14. The molecular formula is C15H19ClO4. The van der Waals surface area contributed by atoms with Crippen molar-refractivity contribution in [3.8, 4) is 11.5 Å². The van der Waals surface area contributed by atoms with E-state index in [1.807, 2.05) is 13.0 Å². The van der Waals surface area contributed by atoms with Gasteiger partial charge in [0.15, 0.2) is 0 Å². The van der Waals surface area contributed by atoms with Gasteiger partial charge in [0.05, 0.1) is 19.6 Å². The van der Waals surface area contributed by atoms with Gasteiger partial charge in [-0.25, -0.2) is 0 Å². The van der Waals surface area contributed by atoms with Crippen LogP contribution in [-0.2, 0) is 10.2 Å². The standard InChI is InChI=1S/C15H19ClO4/c1-9-8-10(13(20-3)11(16)12(9)19-2)15(14(17)18)6-4-5-7-15/h8H,4-7H2,1-3H3,(H,17,18). The van der Waals surface area contributed by atoms with Crippen LogP contribution >= 0.6 is 11.6 Å². The van der Waals surface area contributed by atoms with Crippen molar-refractivity contribution < 1.29 is 19.4 Å². The summed E-state index contributed by atoms with van der Waals surface area (Å²) in [4.78, 5) is 11.8. The van der Waals surface area contributed by atoms with Gasteiger partial charge >= 0.3 is 5.97 Å². The Hall–Kier alpha value is -1.42. The molecule has 1 saturated carbocycles. The molecule has 5 heteroatoms. The zero-order chi connectivity index (χ0) is 14.9. The molecule has 0 atom stereocenters. The number of carboxylic acid groups (broad SMARTS) is 1. The fraction of sp³-hybridized carbons (Fsp3) is 0.533. The number of benzene rings is 1. The van der Waals surface area contributed by atoms with Crippen LogP contribution in [0.3, 0.4) is 0 Å². The Bertz CT molecular complexity index is 533. The summed E-state index contributed by atoms with van der Waals surface area (Å²) in [5, 5.41) is 10.1. The molecule has 0 radical (unpaired) electrons. The second-order valence-electron chi connectivity index (χ2n) is 5.22. The van der Waals surface area contributed by atoms with Crippen molar-refractivity contribution in [3.05, 3.63) is 22.2 Å². The van der Waals surface area contributed by atoms with Gasteiger partial charge in [-0.1, -0.05) is 24.4 Å². The zero-order valence-electron chi connectivity index (χ0n) is 12.0. The van der Waals surface area contributed by atoms with Gasteiger partial charge in [-0.2, -0.15) is 0 Å². The lowest BCUT2D eigenvalue weighted by Crippen LogP contribution is -2.33. The molecule has 0 bridgehead atoms. The average molecular weight is 299 g/mol. The molecule has 0 heterocycles. The molecule has 0 spiro atoms. The summed E-state index contributed by atoms with van der Waals surface area (Å²) < 4.78 is 10.7. The number of rotatable bonds is 4. The van der Waals surface area contributed by atoms with E-state index in [4.69, 9.17) is 21.1 Å². The van der Waals surface area contributed by atoms with Crippen LogP contribution < -0.4 is 9.47 Å². The molecule has 0 amide bonds. The maximum atomic E-state index is 11.8. The van der Waals surface area contributed by atoms with Crippen LogP contribution in [0.25, 0.3) is 0 Å². The van der Waals surface area contributed by atoms with Crippen molar-refractivity contribution in [1.29, 1.82) is 0 Å². The number of hydrogen-bond acceptors (Lipinski definition) is 3. The fourth-order valence-corrected chi connectivity index (χ4v) is 3.53. The summed E-state index contributed by atoms with van der Waals surface area (Å²) in [5.41, 5.74) is 0.584. The van der Waals surface area contributed by atoms with Crippen LogP contribution in [0.4, 0.5) is 0 Å². The number of hydrogen-bond donors (Lipinski definition) is 1. The highest BCUT2D eigenvalue weighted by atomic mass is 35.5. The minimum Gasteiger partial charge on any atom is -0.495 e. The first-order chi connectivity index (χ1) is 9.47. The summed E-state index contributed by atoms with van der Waals surface area (Å²) in [6, 6.07) is 1.84. The summed E-state index contributed by atoms with van der Waals surface area (Å²) in [6.45, 7) is 1.86. The number of aliphatic carboxylic acids is 1. The molecule has 0 aliphatic heterocycles. The molecule has 110 valence electrons. The van der Waals surface area contributed by atoms with E-state index in [-0.39, 0.29) is 0 Å². The lowest BCUT2D eigenvalue weighted by molar-refractivity contribution is -0.143. The van der Waals surface area contributed by atoms with Crippen LogP contribution in [0, 0.1) is 6.92 Å². The molecule has 1 aromatic carbocycles. The molecule has 0 aromatic heterocycles. The van der Waals surface area contributed by atoms with Crippen molar-refractivity contribution in [3.63, 3.8) is 0 Å².